The SMILES string of the molecule is C[C@@H](O)[C@H](N)c1nc(CC2CCCO2)no1. The average molecular weight is 227 g/mol. The van der Waals surface area contributed by atoms with E-state index in [0.717, 1.165) is 19.4 Å². The maximum absolute atomic E-state index is 9.29. The lowest BCUT2D eigenvalue weighted by Gasteiger charge is -2.08. The van der Waals surface area contributed by atoms with Crippen LogP contribution < -0.4 is 5.73 Å². The molecule has 2 heterocycles. The van der Waals surface area contributed by atoms with E-state index in [0.29, 0.717) is 12.2 Å². The Labute approximate surface area is 93.8 Å². The molecule has 1 fully saturated rings. The molecule has 1 unspecified atom stereocenters. The molecule has 1 saturated heterocycles. The fourth-order valence-electron chi connectivity index (χ4n) is 1.70. The van der Waals surface area contributed by atoms with Crippen molar-refractivity contribution in [3.8, 4) is 0 Å². The Hall–Kier alpha value is -0.980. The quantitative estimate of drug-likeness (QED) is 0.761. The van der Waals surface area contributed by atoms with Gasteiger partial charge in [-0.15, -0.1) is 0 Å². The topological polar surface area (TPSA) is 94.4 Å². The maximum atomic E-state index is 9.29. The Kier molecular flexibility index (Phi) is 3.52. The first-order valence-corrected chi connectivity index (χ1v) is 5.54. The summed E-state index contributed by atoms with van der Waals surface area (Å²) in [5.41, 5.74) is 5.68. The van der Waals surface area contributed by atoms with Crippen molar-refractivity contribution in [2.75, 3.05) is 6.61 Å². The lowest BCUT2D eigenvalue weighted by Crippen LogP contribution is -2.23. The highest BCUT2D eigenvalue weighted by molar-refractivity contribution is 4.95. The second-order valence-electron chi connectivity index (χ2n) is 4.15. The van der Waals surface area contributed by atoms with E-state index in [4.69, 9.17) is 15.0 Å². The molecule has 6 nitrogen and oxygen atoms in total. The molecule has 3 N–H and O–H groups in total. The zero-order chi connectivity index (χ0) is 11.5. The van der Waals surface area contributed by atoms with E-state index in [1.54, 1.807) is 6.92 Å². The number of rotatable bonds is 4. The summed E-state index contributed by atoms with van der Waals surface area (Å²) >= 11 is 0. The van der Waals surface area contributed by atoms with Crippen molar-refractivity contribution in [1.82, 2.24) is 10.1 Å². The van der Waals surface area contributed by atoms with Crippen molar-refractivity contribution in [3.05, 3.63) is 11.7 Å². The van der Waals surface area contributed by atoms with E-state index >= 15 is 0 Å². The highest BCUT2D eigenvalue weighted by Crippen LogP contribution is 2.17. The molecule has 0 spiro atoms. The van der Waals surface area contributed by atoms with Crippen molar-refractivity contribution in [2.24, 2.45) is 5.73 Å². The van der Waals surface area contributed by atoms with Gasteiger partial charge in [-0.1, -0.05) is 5.16 Å². The minimum absolute atomic E-state index is 0.188. The predicted octanol–water partition coefficient (Wildman–Crippen LogP) is 0.172. The van der Waals surface area contributed by atoms with Crippen LogP contribution in [-0.2, 0) is 11.2 Å². The summed E-state index contributed by atoms with van der Waals surface area (Å²) < 4.78 is 10.5. The number of ether oxygens (including phenoxy) is 1. The van der Waals surface area contributed by atoms with Crippen LogP contribution in [0.4, 0.5) is 0 Å². The number of nitrogens with two attached hydrogens (primary N) is 1. The van der Waals surface area contributed by atoms with Crippen LogP contribution in [0.15, 0.2) is 4.52 Å². The van der Waals surface area contributed by atoms with Gasteiger partial charge in [0.25, 0.3) is 0 Å². The molecule has 0 bridgehead atoms. The van der Waals surface area contributed by atoms with Crippen molar-refractivity contribution in [1.29, 1.82) is 0 Å². The fourth-order valence-corrected chi connectivity index (χ4v) is 1.70. The Bertz CT molecular complexity index is 334. The van der Waals surface area contributed by atoms with E-state index in [-0.39, 0.29) is 12.0 Å². The highest BCUT2D eigenvalue weighted by Gasteiger charge is 2.22. The number of aromatic nitrogens is 2. The molecule has 0 saturated carbocycles. The molecule has 1 aliphatic heterocycles. The van der Waals surface area contributed by atoms with E-state index < -0.39 is 12.1 Å². The van der Waals surface area contributed by atoms with Crippen LogP contribution in [0.5, 0.6) is 0 Å². The molecular weight excluding hydrogens is 210 g/mol. The second-order valence-corrected chi connectivity index (χ2v) is 4.15. The Morgan fingerprint density at radius 2 is 2.44 bits per heavy atom. The van der Waals surface area contributed by atoms with E-state index in [1.807, 2.05) is 0 Å². The first-order chi connectivity index (χ1) is 7.66. The monoisotopic (exact) mass is 227 g/mol. The maximum Gasteiger partial charge on any atom is 0.246 e. The smallest absolute Gasteiger partial charge is 0.246 e. The Morgan fingerprint density at radius 1 is 1.62 bits per heavy atom. The molecule has 1 aliphatic rings. The van der Waals surface area contributed by atoms with Crippen LogP contribution in [0.2, 0.25) is 0 Å². The number of hydrogen-bond donors (Lipinski definition) is 2. The van der Waals surface area contributed by atoms with E-state index in [9.17, 15) is 5.11 Å². The van der Waals surface area contributed by atoms with Gasteiger partial charge >= 0.3 is 0 Å². The van der Waals surface area contributed by atoms with Crippen molar-refractivity contribution in [3.63, 3.8) is 0 Å². The molecule has 1 aromatic heterocycles. The molecule has 1 aromatic rings. The third-order valence-electron chi connectivity index (χ3n) is 2.72. The highest BCUT2D eigenvalue weighted by atomic mass is 16.5. The number of aliphatic hydroxyl groups is 1. The van der Waals surface area contributed by atoms with Gasteiger partial charge in [-0.3, -0.25) is 0 Å². The van der Waals surface area contributed by atoms with E-state index in [2.05, 4.69) is 10.1 Å². The van der Waals surface area contributed by atoms with Gasteiger partial charge in [-0.25, -0.2) is 0 Å². The van der Waals surface area contributed by atoms with Crippen LogP contribution in [0, 0.1) is 0 Å². The molecule has 90 valence electrons. The zero-order valence-corrected chi connectivity index (χ0v) is 9.30. The lowest BCUT2D eigenvalue weighted by atomic mass is 10.2. The van der Waals surface area contributed by atoms with Gasteiger partial charge in [0.15, 0.2) is 5.82 Å². The lowest BCUT2D eigenvalue weighted by molar-refractivity contribution is 0.109. The summed E-state index contributed by atoms with van der Waals surface area (Å²) in [6.45, 7) is 2.40. The summed E-state index contributed by atoms with van der Waals surface area (Å²) in [5.74, 6) is 0.876. The summed E-state index contributed by atoms with van der Waals surface area (Å²) in [6, 6.07) is -0.620. The second kappa shape index (κ2) is 4.90. The number of nitrogens with zero attached hydrogens (tertiary/aromatic N) is 2. The Morgan fingerprint density at radius 3 is 3.06 bits per heavy atom. The largest absolute Gasteiger partial charge is 0.391 e. The predicted molar refractivity (Wildman–Crippen MR) is 55.6 cm³/mol. The molecular formula is C10H17N3O3. The average Bonchev–Trinajstić information content (AvgIpc) is 2.88. The summed E-state index contributed by atoms with van der Waals surface area (Å²) in [4.78, 5) is 4.15. The zero-order valence-electron chi connectivity index (χ0n) is 9.30. The first kappa shape index (κ1) is 11.5. The van der Waals surface area contributed by atoms with E-state index in [1.165, 1.54) is 0 Å². The molecule has 0 aliphatic carbocycles. The number of hydrogen-bond acceptors (Lipinski definition) is 6. The van der Waals surface area contributed by atoms with Gasteiger partial charge in [0, 0.05) is 13.0 Å². The molecule has 3 atom stereocenters. The molecule has 0 radical (unpaired) electrons. The minimum atomic E-state index is -0.698. The van der Waals surface area contributed by atoms with Crippen molar-refractivity contribution < 1.29 is 14.4 Å². The standard InChI is InChI=1S/C10H17N3O3/c1-6(14)9(11)10-12-8(13-16-10)5-7-3-2-4-15-7/h6-7,9,14H,2-5,11H2,1H3/t6-,7?,9+/m1/s1. The van der Waals surface area contributed by atoms with Crippen LogP contribution in [-0.4, -0.2) is 34.1 Å². The molecule has 0 amide bonds. The van der Waals surface area contributed by atoms with Crippen molar-refractivity contribution in [2.45, 2.75) is 44.4 Å². The fraction of sp³-hybridized carbons (Fsp3) is 0.800. The molecule has 2 rings (SSSR count). The Balaban J connectivity index is 1.96. The van der Waals surface area contributed by atoms with Gasteiger partial charge in [-0.2, -0.15) is 4.98 Å². The van der Waals surface area contributed by atoms with Crippen molar-refractivity contribution >= 4 is 0 Å². The van der Waals surface area contributed by atoms with Crippen LogP contribution >= 0.6 is 0 Å². The van der Waals surface area contributed by atoms with Crippen LogP contribution in [0.1, 0.15) is 37.5 Å². The normalized spacial score (nSPS) is 24.6. The first-order valence-electron chi connectivity index (χ1n) is 5.54. The van der Waals surface area contributed by atoms with Gasteiger partial charge in [0.2, 0.25) is 5.89 Å². The minimum Gasteiger partial charge on any atom is -0.391 e. The van der Waals surface area contributed by atoms with Crippen LogP contribution in [0.3, 0.4) is 0 Å². The third kappa shape index (κ3) is 2.58. The van der Waals surface area contributed by atoms with Gasteiger partial charge in [0.05, 0.1) is 12.2 Å². The van der Waals surface area contributed by atoms with Gasteiger partial charge in [0.1, 0.15) is 6.04 Å². The summed E-state index contributed by atoms with van der Waals surface area (Å²) in [7, 11) is 0. The van der Waals surface area contributed by atoms with Gasteiger partial charge < -0.3 is 20.1 Å². The molecule has 6 heteroatoms. The van der Waals surface area contributed by atoms with Crippen LogP contribution in [0.25, 0.3) is 0 Å². The number of aliphatic hydroxyl groups excluding tert-OH is 1. The van der Waals surface area contributed by atoms with Gasteiger partial charge in [-0.05, 0) is 19.8 Å². The molecule has 16 heavy (non-hydrogen) atoms. The summed E-state index contributed by atoms with van der Waals surface area (Å²) in [6.07, 6.45) is 2.26. The summed E-state index contributed by atoms with van der Waals surface area (Å²) in [5, 5.41) is 13.1. The third-order valence-corrected chi connectivity index (χ3v) is 2.72. The molecule has 0 aromatic carbocycles.